The fraction of sp³-hybridized carbons (Fsp3) is 0.938. The van der Waals surface area contributed by atoms with Crippen LogP contribution in [0.1, 0.15) is 39.5 Å². The summed E-state index contributed by atoms with van der Waals surface area (Å²) in [7, 11) is 3.55. The quantitative estimate of drug-likeness (QED) is 0.280. The van der Waals surface area contributed by atoms with E-state index in [1.807, 2.05) is 7.05 Å². The van der Waals surface area contributed by atoms with Crippen LogP contribution in [0.3, 0.4) is 0 Å². The van der Waals surface area contributed by atoms with Gasteiger partial charge in [0, 0.05) is 33.8 Å². The van der Waals surface area contributed by atoms with Gasteiger partial charge in [-0.3, -0.25) is 4.99 Å². The van der Waals surface area contributed by atoms with Crippen LogP contribution in [0.15, 0.2) is 4.99 Å². The Morgan fingerprint density at radius 1 is 1.32 bits per heavy atom. The van der Waals surface area contributed by atoms with Gasteiger partial charge in [0.05, 0.1) is 19.8 Å². The van der Waals surface area contributed by atoms with Crippen LogP contribution in [-0.4, -0.2) is 64.5 Å². The maximum Gasteiger partial charge on any atom is 0.193 e. The van der Waals surface area contributed by atoms with Gasteiger partial charge in [0.2, 0.25) is 0 Å². The summed E-state index contributed by atoms with van der Waals surface area (Å²) in [6, 6.07) is 0. The Labute approximate surface area is 153 Å². The third kappa shape index (κ3) is 7.97. The maximum absolute atomic E-state index is 5.47. The Hall–Kier alpha value is -0.0800. The van der Waals surface area contributed by atoms with Gasteiger partial charge in [0.25, 0.3) is 0 Å². The Kier molecular flexibility index (Phi) is 12.3. The van der Waals surface area contributed by atoms with Crippen LogP contribution in [0.5, 0.6) is 0 Å². The second kappa shape index (κ2) is 12.4. The van der Waals surface area contributed by atoms with Gasteiger partial charge in [-0.15, -0.1) is 24.0 Å². The maximum atomic E-state index is 5.47. The highest BCUT2D eigenvalue weighted by Crippen LogP contribution is 2.33. The van der Waals surface area contributed by atoms with Crippen molar-refractivity contribution in [1.82, 2.24) is 10.2 Å². The molecule has 1 aliphatic rings. The summed E-state index contributed by atoms with van der Waals surface area (Å²) < 4.78 is 10.4. The lowest BCUT2D eigenvalue weighted by Gasteiger charge is -2.42. The van der Waals surface area contributed by atoms with Crippen LogP contribution in [0.25, 0.3) is 0 Å². The molecule has 1 heterocycles. The fourth-order valence-electron chi connectivity index (χ4n) is 3.12. The molecule has 0 aliphatic carbocycles. The van der Waals surface area contributed by atoms with E-state index in [9.17, 15) is 0 Å². The molecule has 1 saturated heterocycles. The summed E-state index contributed by atoms with van der Waals surface area (Å²) in [6.07, 6.45) is 5.13. The lowest BCUT2D eigenvalue weighted by atomic mass is 9.78. The molecule has 1 N–H and O–H groups in total. The van der Waals surface area contributed by atoms with Crippen LogP contribution < -0.4 is 5.32 Å². The van der Waals surface area contributed by atoms with E-state index in [4.69, 9.17) is 9.47 Å². The van der Waals surface area contributed by atoms with Crippen molar-refractivity contribution in [3.8, 4) is 0 Å². The molecule has 1 rings (SSSR count). The number of aliphatic imine (C=N–C) groups is 1. The summed E-state index contributed by atoms with van der Waals surface area (Å²) in [5.41, 5.74) is 0.430. The van der Waals surface area contributed by atoms with E-state index < -0.39 is 0 Å². The highest BCUT2D eigenvalue weighted by molar-refractivity contribution is 14.0. The van der Waals surface area contributed by atoms with E-state index in [1.54, 1.807) is 7.11 Å². The molecule has 1 atom stereocenters. The second-order valence-electron chi connectivity index (χ2n) is 6.16. The van der Waals surface area contributed by atoms with Crippen LogP contribution in [-0.2, 0) is 9.47 Å². The number of halogens is 1. The number of ether oxygens (including phenoxy) is 2. The number of nitrogens with zero attached hydrogens (tertiary/aromatic N) is 2. The number of rotatable bonds is 8. The molecule has 22 heavy (non-hydrogen) atoms. The lowest BCUT2D eigenvalue weighted by molar-refractivity contribution is 0.0727. The Balaban J connectivity index is 0.00000441. The van der Waals surface area contributed by atoms with Gasteiger partial charge in [0.1, 0.15) is 0 Å². The highest BCUT2D eigenvalue weighted by atomic mass is 127. The van der Waals surface area contributed by atoms with Crippen molar-refractivity contribution in [2.75, 3.05) is 53.6 Å². The van der Waals surface area contributed by atoms with Crippen LogP contribution in [0, 0.1) is 5.41 Å². The summed E-state index contributed by atoms with van der Waals surface area (Å²) in [4.78, 5) is 6.82. The van der Waals surface area contributed by atoms with Crippen LogP contribution in [0.2, 0.25) is 0 Å². The Bertz CT molecular complexity index is 312. The smallest absolute Gasteiger partial charge is 0.193 e. The van der Waals surface area contributed by atoms with Crippen molar-refractivity contribution in [2.24, 2.45) is 10.4 Å². The van der Waals surface area contributed by atoms with E-state index in [1.165, 1.54) is 25.7 Å². The summed E-state index contributed by atoms with van der Waals surface area (Å²) in [5.74, 6) is 1.01. The van der Waals surface area contributed by atoms with Gasteiger partial charge in [-0.2, -0.15) is 0 Å². The first kappa shape index (κ1) is 21.9. The predicted molar refractivity (Wildman–Crippen MR) is 103 cm³/mol. The Morgan fingerprint density at radius 2 is 2.09 bits per heavy atom. The molecule has 0 bridgehead atoms. The van der Waals surface area contributed by atoms with Crippen molar-refractivity contribution in [1.29, 1.82) is 0 Å². The molecule has 0 aromatic heterocycles. The largest absolute Gasteiger partial charge is 0.382 e. The molecule has 0 saturated carbocycles. The molecule has 0 aromatic rings. The molecule has 1 aliphatic heterocycles. The lowest BCUT2D eigenvalue weighted by Crippen LogP contribution is -2.50. The minimum atomic E-state index is 0. The number of likely N-dealkylation sites (tertiary alicyclic amines) is 1. The van der Waals surface area contributed by atoms with Crippen molar-refractivity contribution in [2.45, 2.75) is 39.5 Å². The van der Waals surface area contributed by atoms with Crippen molar-refractivity contribution < 1.29 is 9.47 Å². The van der Waals surface area contributed by atoms with Gasteiger partial charge in [0.15, 0.2) is 5.96 Å². The molecule has 5 nitrogen and oxygen atoms in total. The predicted octanol–water partition coefficient (Wildman–Crippen LogP) is 2.75. The van der Waals surface area contributed by atoms with Gasteiger partial charge >= 0.3 is 0 Å². The van der Waals surface area contributed by atoms with Crippen LogP contribution in [0.4, 0.5) is 0 Å². The van der Waals surface area contributed by atoms with Gasteiger partial charge < -0.3 is 19.7 Å². The first-order valence-corrected chi connectivity index (χ1v) is 8.17. The summed E-state index contributed by atoms with van der Waals surface area (Å²) >= 11 is 0. The number of nitrogens with one attached hydrogen (secondary N) is 1. The number of methoxy groups -OCH3 is 1. The third-order valence-corrected chi connectivity index (χ3v) is 4.11. The minimum absolute atomic E-state index is 0. The van der Waals surface area contributed by atoms with Gasteiger partial charge in [-0.05, 0) is 24.7 Å². The average Bonchev–Trinajstić information content (AvgIpc) is 2.46. The molecular formula is C16H34IN3O2. The topological polar surface area (TPSA) is 46.1 Å². The highest BCUT2D eigenvalue weighted by Gasteiger charge is 2.31. The molecular weight excluding hydrogens is 393 g/mol. The van der Waals surface area contributed by atoms with E-state index in [0.29, 0.717) is 25.2 Å². The van der Waals surface area contributed by atoms with Crippen molar-refractivity contribution in [3.05, 3.63) is 0 Å². The van der Waals surface area contributed by atoms with Crippen molar-refractivity contribution in [3.63, 3.8) is 0 Å². The number of hydrogen-bond acceptors (Lipinski definition) is 3. The zero-order valence-corrected chi connectivity index (χ0v) is 17.0. The standard InChI is InChI=1S/C16H33N3O2.HI/c1-5-7-16(2)8-6-10-19(14-16)15(17-3)18-9-11-21-13-12-20-4;/h5-14H2,1-4H3,(H,17,18);1H. The number of hydrogen-bond donors (Lipinski definition) is 1. The molecule has 1 fully saturated rings. The SMILES string of the molecule is CCCC1(C)CCCN(C(=NC)NCCOCCOC)C1.I. The zero-order chi connectivity index (χ0) is 15.6. The van der Waals surface area contributed by atoms with Crippen LogP contribution >= 0.6 is 24.0 Å². The molecule has 0 radical (unpaired) electrons. The first-order chi connectivity index (χ1) is 10.1. The second-order valence-corrected chi connectivity index (χ2v) is 6.16. The molecule has 1 unspecified atom stereocenters. The minimum Gasteiger partial charge on any atom is -0.382 e. The molecule has 6 heteroatoms. The third-order valence-electron chi connectivity index (χ3n) is 4.11. The molecule has 0 aromatic carbocycles. The molecule has 0 spiro atoms. The van der Waals surface area contributed by atoms with E-state index >= 15 is 0 Å². The molecule has 132 valence electrons. The first-order valence-electron chi connectivity index (χ1n) is 8.17. The Morgan fingerprint density at radius 3 is 2.73 bits per heavy atom. The monoisotopic (exact) mass is 427 g/mol. The fourth-order valence-corrected chi connectivity index (χ4v) is 3.12. The molecule has 0 amide bonds. The van der Waals surface area contributed by atoms with E-state index in [0.717, 1.165) is 25.6 Å². The van der Waals surface area contributed by atoms with Gasteiger partial charge in [-0.1, -0.05) is 20.3 Å². The summed E-state index contributed by atoms with van der Waals surface area (Å²) in [6.45, 7) is 9.65. The number of piperidine rings is 1. The van der Waals surface area contributed by atoms with E-state index in [-0.39, 0.29) is 24.0 Å². The normalized spacial score (nSPS) is 22.4. The summed E-state index contributed by atoms with van der Waals surface area (Å²) in [5, 5.41) is 3.41. The number of guanidine groups is 1. The average molecular weight is 427 g/mol. The van der Waals surface area contributed by atoms with Crippen molar-refractivity contribution >= 4 is 29.9 Å². The van der Waals surface area contributed by atoms with Gasteiger partial charge in [-0.25, -0.2) is 0 Å². The van der Waals surface area contributed by atoms with E-state index in [2.05, 4.69) is 29.1 Å². The zero-order valence-electron chi connectivity index (χ0n) is 14.7.